The molecule has 30 heavy (non-hydrogen) atoms. The standard InChI is InChI=1S/C22H20FN3O4/c23-15-3-1-13(2-4-15)11-14-7-9-26(10-8-14)22(30)21(29)24-16-5-6-17-18(12-16)20(28)25-19(17)27/h1-6,12,14H,7-11H2,(H,24,29)(H,25,27,28). The molecule has 4 rings (SSSR count). The summed E-state index contributed by atoms with van der Waals surface area (Å²) in [5.74, 6) is -2.31. The van der Waals surface area contributed by atoms with Gasteiger partial charge in [0, 0.05) is 18.8 Å². The Bertz CT molecular complexity index is 1030. The number of hydrogen-bond donors (Lipinski definition) is 2. The molecule has 2 aliphatic rings. The highest BCUT2D eigenvalue weighted by atomic mass is 19.1. The fourth-order valence-electron chi connectivity index (χ4n) is 3.87. The molecule has 1 fully saturated rings. The van der Waals surface area contributed by atoms with Crippen LogP contribution in [0, 0.1) is 11.7 Å². The lowest BCUT2D eigenvalue weighted by atomic mass is 9.90. The van der Waals surface area contributed by atoms with Gasteiger partial charge in [-0.3, -0.25) is 24.5 Å². The summed E-state index contributed by atoms with van der Waals surface area (Å²) in [4.78, 5) is 49.7. The van der Waals surface area contributed by atoms with Crippen molar-refractivity contribution in [3.05, 3.63) is 65.0 Å². The summed E-state index contributed by atoms with van der Waals surface area (Å²) in [5.41, 5.74) is 1.75. The van der Waals surface area contributed by atoms with Gasteiger partial charge in [-0.15, -0.1) is 0 Å². The van der Waals surface area contributed by atoms with Gasteiger partial charge in [0.15, 0.2) is 0 Å². The minimum atomic E-state index is -0.781. The fourth-order valence-corrected chi connectivity index (χ4v) is 3.87. The number of anilines is 1. The number of likely N-dealkylation sites (tertiary alicyclic amines) is 1. The minimum absolute atomic E-state index is 0.173. The summed E-state index contributed by atoms with van der Waals surface area (Å²) in [7, 11) is 0. The molecule has 2 N–H and O–H groups in total. The number of halogens is 1. The maximum absolute atomic E-state index is 13.0. The van der Waals surface area contributed by atoms with E-state index >= 15 is 0 Å². The highest BCUT2D eigenvalue weighted by Gasteiger charge is 2.29. The number of imide groups is 1. The smallest absolute Gasteiger partial charge is 0.313 e. The number of hydrogen-bond acceptors (Lipinski definition) is 4. The number of carbonyl (C=O) groups is 4. The van der Waals surface area contributed by atoms with Crippen LogP contribution in [0.2, 0.25) is 0 Å². The van der Waals surface area contributed by atoms with Crippen molar-refractivity contribution in [3.63, 3.8) is 0 Å². The van der Waals surface area contributed by atoms with Crippen molar-refractivity contribution in [2.75, 3.05) is 18.4 Å². The van der Waals surface area contributed by atoms with Gasteiger partial charge in [-0.05, 0) is 61.1 Å². The van der Waals surface area contributed by atoms with Gasteiger partial charge >= 0.3 is 11.8 Å². The molecule has 154 valence electrons. The van der Waals surface area contributed by atoms with Gasteiger partial charge in [0.2, 0.25) is 0 Å². The summed E-state index contributed by atoms with van der Waals surface area (Å²) in [6.45, 7) is 0.943. The highest BCUT2D eigenvalue weighted by Crippen LogP contribution is 2.23. The molecule has 4 amide bonds. The average molecular weight is 409 g/mol. The third-order valence-electron chi connectivity index (χ3n) is 5.53. The van der Waals surface area contributed by atoms with Crippen LogP contribution in [0.4, 0.5) is 10.1 Å². The average Bonchev–Trinajstić information content (AvgIpc) is 3.03. The van der Waals surface area contributed by atoms with Crippen molar-refractivity contribution in [1.29, 1.82) is 0 Å². The van der Waals surface area contributed by atoms with E-state index in [-0.39, 0.29) is 22.6 Å². The first-order valence-corrected chi connectivity index (χ1v) is 9.75. The van der Waals surface area contributed by atoms with E-state index < -0.39 is 23.6 Å². The Morgan fingerprint density at radius 3 is 2.37 bits per heavy atom. The highest BCUT2D eigenvalue weighted by molar-refractivity contribution is 6.39. The molecule has 2 aromatic rings. The molecule has 1 saturated heterocycles. The van der Waals surface area contributed by atoms with Crippen LogP contribution in [0.15, 0.2) is 42.5 Å². The second-order valence-electron chi connectivity index (χ2n) is 7.56. The van der Waals surface area contributed by atoms with E-state index in [0.29, 0.717) is 19.0 Å². The number of carbonyl (C=O) groups excluding carboxylic acids is 4. The molecule has 2 aliphatic heterocycles. The van der Waals surface area contributed by atoms with E-state index in [0.717, 1.165) is 24.8 Å². The molecule has 0 aliphatic carbocycles. The molecule has 0 radical (unpaired) electrons. The SMILES string of the molecule is O=C(Nc1ccc2c(c1)C(=O)NC2=O)C(=O)N1CCC(Cc2ccc(F)cc2)CC1. The molecule has 0 spiro atoms. The monoisotopic (exact) mass is 409 g/mol. The normalized spacial score (nSPS) is 16.2. The van der Waals surface area contributed by atoms with E-state index in [1.165, 1.54) is 35.2 Å². The van der Waals surface area contributed by atoms with Gasteiger partial charge in [-0.1, -0.05) is 12.1 Å². The molecule has 0 aromatic heterocycles. The summed E-state index contributed by atoms with van der Waals surface area (Å²) in [5, 5.41) is 4.68. The molecule has 2 heterocycles. The zero-order valence-corrected chi connectivity index (χ0v) is 16.1. The predicted molar refractivity (Wildman–Crippen MR) is 106 cm³/mol. The maximum atomic E-state index is 13.0. The lowest BCUT2D eigenvalue weighted by Gasteiger charge is -2.31. The third kappa shape index (κ3) is 4.07. The topological polar surface area (TPSA) is 95.6 Å². The maximum Gasteiger partial charge on any atom is 0.313 e. The van der Waals surface area contributed by atoms with Gasteiger partial charge in [0.05, 0.1) is 11.1 Å². The molecule has 8 heteroatoms. The number of amides is 4. The minimum Gasteiger partial charge on any atom is -0.334 e. The van der Waals surface area contributed by atoms with Crippen LogP contribution in [-0.2, 0) is 16.0 Å². The number of piperidine rings is 1. The molecule has 0 bridgehead atoms. The fraction of sp³-hybridized carbons (Fsp3) is 0.273. The van der Waals surface area contributed by atoms with E-state index in [1.807, 2.05) is 0 Å². The molecule has 0 atom stereocenters. The number of nitrogens with one attached hydrogen (secondary N) is 2. The van der Waals surface area contributed by atoms with Gasteiger partial charge in [0.1, 0.15) is 5.82 Å². The van der Waals surface area contributed by atoms with Crippen LogP contribution in [0.3, 0.4) is 0 Å². The Labute approximate surface area is 172 Å². The number of fused-ring (bicyclic) bond motifs is 1. The van der Waals surface area contributed by atoms with Crippen LogP contribution in [0.5, 0.6) is 0 Å². The first-order chi connectivity index (χ1) is 14.4. The van der Waals surface area contributed by atoms with Crippen LogP contribution in [-0.4, -0.2) is 41.6 Å². The second-order valence-corrected chi connectivity index (χ2v) is 7.56. The molecular formula is C22H20FN3O4. The van der Waals surface area contributed by atoms with Crippen molar-refractivity contribution in [3.8, 4) is 0 Å². The Hall–Kier alpha value is -3.55. The summed E-state index contributed by atoms with van der Waals surface area (Å²) in [6, 6.07) is 10.7. The predicted octanol–water partition coefficient (Wildman–Crippen LogP) is 2.13. The molecule has 0 saturated carbocycles. The first-order valence-electron chi connectivity index (χ1n) is 9.75. The van der Waals surface area contributed by atoms with Crippen molar-refractivity contribution in [2.45, 2.75) is 19.3 Å². The Kier molecular flexibility index (Phi) is 5.31. The van der Waals surface area contributed by atoms with E-state index in [1.54, 1.807) is 12.1 Å². The van der Waals surface area contributed by atoms with Crippen LogP contribution in [0.1, 0.15) is 39.1 Å². The van der Waals surface area contributed by atoms with Gasteiger partial charge in [-0.2, -0.15) is 0 Å². The van der Waals surface area contributed by atoms with Crippen LogP contribution in [0.25, 0.3) is 0 Å². The molecule has 2 aromatic carbocycles. The number of rotatable bonds is 3. The quantitative estimate of drug-likeness (QED) is 0.600. The number of benzene rings is 2. The number of nitrogens with zero attached hydrogens (tertiary/aromatic N) is 1. The van der Waals surface area contributed by atoms with E-state index in [9.17, 15) is 23.6 Å². The summed E-state index contributed by atoms with van der Waals surface area (Å²) < 4.78 is 13.0. The summed E-state index contributed by atoms with van der Waals surface area (Å²) in [6.07, 6.45) is 2.33. The van der Waals surface area contributed by atoms with Gasteiger partial charge in [0.25, 0.3) is 11.8 Å². The van der Waals surface area contributed by atoms with Crippen LogP contribution >= 0.6 is 0 Å². The third-order valence-corrected chi connectivity index (χ3v) is 5.53. The first kappa shape index (κ1) is 19.8. The van der Waals surface area contributed by atoms with Gasteiger partial charge in [-0.25, -0.2) is 4.39 Å². The van der Waals surface area contributed by atoms with Crippen LogP contribution < -0.4 is 10.6 Å². The molecule has 7 nitrogen and oxygen atoms in total. The van der Waals surface area contributed by atoms with Crippen molar-refractivity contribution >= 4 is 29.3 Å². The zero-order chi connectivity index (χ0) is 21.3. The van der Waals surface area contributed by atoms with Gasteiger partial charge < -0.3 is 10.2 Å². The lowest BCUT2D eigenvalue weighted by Crippen LogP contribution is -2.44. The van der Waals surface area contributed by atoms with E-state index in [2.05, 4.69) is 10.6 Å². The second kappa shape index (κ2) is 8.06. The largest absolute Gasteiger partial charge is 0.334 e. The Balaban J connectivity index is 1.31. The van der Waals surface area contributed by atoms with Crippen molar-refractivity contribution in [2.24, 2.45) is 5.92 Å². The van der Waals surface area contributed by atoms with E-state index in [4.69, 9.17) is 0 Å². The summed E-state index contributed by atoms with van der Waals surface area (Å²) >= 11 is 0. The zero-order valence-electron chi connectivity index (χ0n) is 16.1. The molecule has 0 unspecified atom stereocenters. The van der Waals surface area contributed by atoms with Crippen molar-refractivity contribution in [1.82, 2.24) is 10.2 Å². The van der Waals surface area contributed by atoms with Crippen molar-refractivity contribution < 1.29 is 23.6 Å². The lowest BCUT2D eigenvalue weighted by molar-refractivity contribution is -0.144. The Morgan fingerprint density at radius 2 is 1.67 bits per heavy atom. The Morgan fingerprint density at radius 1 is 1.00 bits per heavy atom. The molecular weight excluding hydrogens is 389 g/mol.